The van der Waals surface area contributed by atoms with E-state index in [4.69, 9.17) is 4.74 Å². The summed E-state index contributed by atoms with van der Waals surface area (Å²) in [6.45, 7) is 4.31. The van der Waals surface area contributed by atoms with Crippen LogP contribution in [-0.4, -0.2) is 63.1 Å². The summed E-state index contributed by atoms with van der Waals surface area (Å²) in [6.07, 6.45) is 4.02. The quantitative estimate of drug-likeness (QED) is 0.691. The summed E-state index contributed by atoms with van der Waals surface area (Å²) in [5.41, 5.74) is 0.958. The molecule has 1 aliphatic rings. The number of methoxy groups -OCH3 is 1. The second-order valence-corrected chi connectivity index (χ2v) is 9.02. The molecule has 1 heterocycles. The highest BCUT2D eigenvalue weighted by Gasteiger charge is 2.23. The Balaban J connectivity index is 1.92. The molecule has 0 N–H and O–H groups in total. The van der Waals surface area contributed by atoms with E-state index in [1.54, 1.807) is 7.11 Å². The van der Waals surface area contributed by atoms with Crippen LogP contribution in [-0.2, 0) is 21.2 Å². The molecule has 0 spiro atoms. The number of ether oxygens (including phenoxy) is 1. The fourth-order valence-electron chi connectivity index (χ4n) is 3.23. The van der Waals surface area contributed by atoms with Crippen molar-refractivity contribution in [1.82, 2.24) is 9.21 Å². The molecule has 7 heteroatoms. The van der Waals surface area contributed by atoms with Gasteiger partial charge in [-0.3, -0.25) is 4.79 Å². The van der Waals surface area contributed by atoms with E-state index in [-0.39, 0.29) is 18.9 Å². The van der Waals surface area contributed by atoms with Crippen LogP contribution in [0.1, 0.15) is 31.7 Å². The summed E-state index contributed by atoms with van der Waals surface area (Å²) < 4.78 is 30.9. The van der Waals surface area contributed by atoms with Gasteiger partial charge < -0.3 is 9.64 Å². The molecule has 1 fully saturated rings. The number of likely N-dealkylation sites (tertiary alicyclic amines) is 1. The van der Waals surface area contributed by atoms with E-state index in [9.17, 15) is 13.2 Å². The van der Waals surface area contributed by atoms with Crippen molar-refractivity contribution in [1.29, 1.82) is 0 Å². The molecule has 1 saturated heterocycles. The predicted molar refractivity (Wildman–Crippen MR) is 103 cm³/mol. The average Bonchev–Trinajstić information content (AvgIpc) is 2.61. The SMILES string of the molecule is COc1ccccc1CCN(CCC(=O)N1CCC(C)CC1)S(C)(=O)=O. The van der Waals surface area contributed by atoms with Gasteiger partial charge in [0.15, 0.2) is 0 Å². The van der Waals surface area contributed by atoms with Gasteiger partial charge in [-0.15, -0.1) is 0 Å². The predicted octanol–water partition coefficient (Wildman–Crippen LogP) is 2.15. The average molecular weight is 383 g/mol. The third-order valence-electron chi connectivity index (χ3n) is 5.00. The summed E-state index contributed by atoms with van der Waals surface area (Å²) in [7, 11) is -1.77. The standard InChI is InChI=1S/C19H30N2O4S/c1-16-8-12-20(13-9-16)19(22)11-15-21(26(3,23)24)14-10-17-6-4-5-7-18(17)25-2/h4-7,16H,8-15H2,1-3H3. The first-order chi connectivity index (χ1) is 12.3. The minimum absolute atomic E-state index is 0.0443. The normalized spacial score (nSPS) is 16.1. The highest BCUT2D eigenvalue weighted by Crippen LogP contribution is 2.19. The maximum Gasteiger partial charge on any atom is 0.223 e. The Bertz CT molecular complexity index is 697. The number of nitrogens with zero attached hydrogens (tertiary/aromatic N) is 2. The maximum atomic E-state index is 12.4. The van der Waals surface area contributed by atoms with Crippen LogP contribution in [0.4, 0.5) is 0 Å². The number of rotatable bonds is 8. The number of carbonyl (C=O) groups is 1. The molecular weight excluding hydrogens is 352 g/mol. The van der Waals surface area contributed by atoms with Gasteiger partial charge in [-0.05, 0) is 36.8 Å². The molecule has 26 heavy (non-hydrogen) atoms. The van der Waals surface area contributed by atoms with Crippen molar-refractivity contribution in [2.45, 2.75) is 32.6 Å². The number of amides is 1. The molecule has 6 nitrogen and oxygen atoms in total. The van der Waals surface area contributed by atoms with Gasteiger partial charge in [0.05, 0.1) is 13.4 Å². The molecule has 0 atom stereocenters. The second kappa shape index (κ2) is 9.37. The molecule has 0 saturated carbocycles. The highest BCUT2D eigenvalue weighted by atomic mass is 32.2. The van der Waals surface area contributed by atoms with Crippen molar-refractivity contribution in [2.75, 3.05) is 39.5 Å². The Morgan fingerprint density at radius 2 is 1.88 bits per heavy atom. The molecule has 1 amide bonds. The fourth-order valence-corrected chi connectivity index (χ4v) is 4.08. The van der Waals surface area contributed by atoms with E-state index in [0.717, 1.165) is 37.2 Å². The molecule has 0 radical (unpaired) electrons. The Kier molecular flexibility index (Phi) is 7.46. The third kappa shape index (κ3) is 5.99. The first kappa shape index (κ1) is 20.7. The molecule has 0 unspecified atom stereocenters. The number of para-hydroxylation sites is 1. The largest absolute Gasteiger partial charge is 0.496 e. The van der Waals surface area contributed by atoms with E-state index in [2.05, 4.69) is 6.92 Å². The van der Waals surface area contributed by atoms with Crippen molar-refractivity contribution in [3.63, 3.8) is 0 Å². The Hall–Kier alpha value is -1.60. The first-order valence-electron chi connectivity index (χ1n) is 9.16. The topological polar surface area (TPSA) is 66.9 Å². The van der Waals surface area contributed by atoms with Gasteiger partial charge in [0.1, 0.15) is 5.75 Å². The van der Waals surface area contributed by atoms with Gasteiger partial charge in [-0.25, -0.2) is 12.7 Å². The van der Waals surface area contributed by atoms with Crippen molar-refractivity contribution in [3.8, 4) is 5.75 Å². The number of hydrogen-bond donors (Lipinski definition) is 0. The minimum atomic E-state index is -3.37. The van der Waals surface area contributed by atoms with E-state index in [0.29, 0.717) is 18.9 Å². The number of benzene rings is 1. The van der Waals surface area contributed by atoms with Gasteiger partial charge in [0, 0.05) is 32.6 Å². The lowest BCUT2D eigenvalue weighted by atomic mass is 9.99. The van der Waals surface area contributed by atoms with E-state index < -0.39 is 10.0 Å². The molecule has 0 bridgehead atoms. The zero-order chi connectivity index (χ0) is 19.2. The van der Waals surface area contributed by atoms with Crippen LogP contribution < -0.4 is 4.74 Å². The van der Waals surface area contributed by atoms with E-state index in [1.165, 1.54) is 10.6 Å². The lowest BCUT2D eigenvalue weighted by molar-refractivity contribution is -0.132. The Labute approximate surface area is 157 Å². The zero-order valence-electron chi connectivity index (χ0n) is 16.0. The number of hydrogen-bond acceptors (Lipinski definition) is 4. The van der Waals surface area contributed by atoms with Gasteiger partial charge in [-0.2, -0.15) is 0 Å². The fraction of sp³-hybridized carbons (Fsp3) is 0.632. The molecule has 146 valence electrons. The van der Waals surface area contributed by atoms with Gasteiger partial charge >= 0.3 is 0 Å². The van der Waals surface area contributed by atoms with Crippen molar-refractivity contribution in [3.05, 3.63) is 29.8 Å². The Morgan fingerprint density at radius 3 is 2.50 bits per heavy atom. The van der Waals surface area contributed by atoms with Crippen molar-refractivity contribution >= 4 is 15.9 Å². The molecule has 1 aromatic carbocycles. The van der Waals surface area contributed by atoms with Crippen molar-refractivity contribution in [2.24, 2.45) is 5.92 Å². The highest BCUT2D eigenvalue weighted by molar-refractivity contribution is 7.88. The summed E-state index contributed by atoms with van der Waals surface area (Å²) in [6, 6.07) is 7.58. The van der Waals surface area contributed by atoms with Crippen LogP contribution in [0, 0.1) is 5.92 Å². The monoisotopic (exact) mass is 382 g/mol. The summed E-state index contributed by atoms with van der Waals surface area (Å²) >= 11 is 0. The summed E-state index contributed by atoms with van der Waals surface area (Å²) in [4.78, 5) is 14.3. The zero-order valence-corrected chi connectivity index (χ0v) is 16.8. The second-order valence-electron chi connectivity index (χ2n) is 7.04. The van der Waals surface area contributed by atoms with Crippen LogP contribution in [0.5, 0.6) is 5.75 Å². The van der Waals surface area contributed by atoms with Crippen LogP contribution in [0.3, 0.4) is 0 Å². The first-order valence-corrected chi connectivity index (χ1v) is 11.0. The summed E-state index contributed by atoms with van der Waals surface area (Å²) in [5, 5.41) is 0. The lowest BCUT2D eigenvalue weighted by Gasteiger charge is -2.31. The van der Waals surface area contributed by atoms with Crippen LogP contribution in [0.2, 0.25) is 0 Å². The lowest BCUT2D eigenvalue weighted by Crippen LogP contribution is -2.40. The minimum Gasteiger partial charge on any atom is -0.496 e. The molecule has 1 aliphatic heterocycles. The maximum absolute atomic E-state index is 12.4. The van der Waals surface area contributed by atoms with Crippen LogP contribution in [0.25, 0.3) is 0 Å². The smallest absolute Gasteiger partial charge is 0.223 e. The van der Waals surface area contributed by atoms with Crippen LogP contribution >= 0.6 is 0 Å². The summed E-state index contributed by atoms with van der Waals surface area (Å²) in [5.74, 6) is 1.45. The van der Waals surface area contributed by atoms with Crippen LogP contribution in [0.15, 0.2) is 24.3 Å². The molecular formula is C19H30N2O4S. The van der Waals surface area contributed by atoms with Gasteiger partial charge in [0.2, 0.25) is 15.9 Å². The molecule has 2 rings (SSSR count). The van der Waals surface area contributed by atoms with E-state index >= 15 is 0 Å². The van der Waals surface area contributed by atoms with E-state index in [1.807, 2.05) is 29.2 Å². The number of sulfonamides is 1. The Morgan fingerprint density at radius 1 is 1.23 bits per heavy atom. The third-order valence-corrected chi connectivity index (χ3v) is 6.31. The van der Waals surface area contributed by atoms with Crippen molar-refractivity contribution < 1.29 is 17.9 Å². The molecule has 1 aromatic rings. The van der Waals surface area contributed by atoms with Gasteiger partial charge in [0.25, 0.3) is 0 Å². The van der Waals surface area contributed by atoms with Gasteiger partial charge in [-0.1, -0.05) is 25.1 Å². The number of piperidine rings is 1. The number of carbonyl (C=O) groups excluding carboxylic acids is 1. The molecule has 0 aromatic heterocycles. The molecule has 0 aliphatic carbocycles.